The molecule has 1 saturated carbocycles. The van der Waals surface area contributed by atoms with Gasteiger partial charge in [0.05, 0.1) is 0 Å². The highest BCUT2D eigenvalue weighted by Gasteiger charge is 2.23. The van der Waals surface area contributed by atoms with Crippen molar-refractivity contribution in [3.05, 3.63) is 44.8 Å². The van der Waals surface area contributed by atoms with Crippen LogP contribution >= 0.6 is 11.6 Å². The summed E-state index contributed by atoms with van der Waals surface area (Å²) in [7, 11) is 0. The van der Waals surface area contributed by atoms with Gasteiger partial charge in [0.25, 0.3) is 5.56 Å². The molecule has 6 nitrogen and oxygen atoms in total. The quantitative estimate of drug-likeness (QED) is 0.876. The molecular weight excluding hydrogens is 316 g/mol. The zero-order valence-electron chi connectivity index (χ0n) is 12.7. The summed E-state index contributed by atoms with van der Waals surface area (Å²) in [5, 5.41) is 11.5. The molecule has 0 saturated heterocycles. The van der Waals surface area contributed by atoms with E-state index >= 15 is 0 Å². The Morgan fingerprint density at radius 2 is 2.17 bits per heavy atom. The highest BCUT2D eigenvalue weighted by molar-refractivity contribution is 6.31. The number of nitrogens with zero attached hydrogens (tertiary/aromatic N) is 2. The van der Waals surface area contributed by atoms with E-state index in [0.29, 0.717) is 22.5 Å². The third kappa shape index (κ3) is 3.96. The Kier molecular flexibility index (Phi) is 4.43. The van der Waals surface area contributed by atoms with E-state index in [1.807, 2.05) is 19.1 Å². The second kappa shape index (κ2) is 6.50. The van der Waals surface area contributed by atoms with Crippen LogP contribution in [-0.2, 0) is 11.2 Å². The number of carbonyl (C=O) groups excluding carboxylic acids is 1. The number of aryl methyl sites for hydroxylation is 2. The molecule has 0 atom stereocenters. The van der Waals surface area contributed by atoms with Gasteiger partial charge in [-0.3, -0.25) is 9.59 Å². The lowest BCUT2D eigenvalue weighted by Crippen LogP contribution is -2.27. The molecule has 1 aliphatic carbocycles. The second-order valence-electron chi connectivity index (χ2n) is 5.76. The molecular formula is C16H17ClN4O2. The van der Waals surface area contributed by atoms with Gasteiger partial charge in [-0.15, -0.1) is 10.2 Å². The summed E-state index contributed by atoms with van der Waals surface area (Å²) in [5.41, 5.74) is 1.58. The van der Waals surface area contributed by atoms with Crippen molar-refractivity contribution in [3.63, 3.8) is 0 Å². The molecule has 1 heterocycles. The molecule has 2 aromatic rings. The molecule has 0 bridgehead atoms. The van der Waals surface area contributed by atoms with E-state index in [2.05, 4.69) is 20.5 Å². The summed E-state index contributed by atoms with van der Waals surface area (Å²) >= 11 is 6.08. The smallest absolute Gasteiger partial charge is 0.273 e. The van der Waals surface area contributed by atoms with Crippen LogP contribution in [-0.4, -0.2) is 27.1 Å². The monoisotopic (exact) mass is 332 g/mol. The highest BCUT2D eigenvalue weighted by atomic mass is 35.5. The Hall–Kier alpha value is -2.21. The Balaban J connectivity index is 1.70. The molecule has 2 N–H and O–H groups in total. The molecule has 7 heteroatoms. The van der Waals surface area contributed by atoms with Gasteiger partial charge >= 0.3 is 0 Å². The summed E-state index contributed by atoms with van der Waals surface area (Å²) < 4.78 is 0. The predicted octanol–water partition coefficient (Wildman–Crippen LogP) is 2.00. The first-order chi connectivity index (χ1) is 11.0. The van der Waals surface area contributed by atoms with E-state index in [1.165, 1.54) is 0 Å². The second-order valence-corrected chi connectivity index (χ2v) is 6.16. The number of aromatic nitrogens is 3. The van der Waals surface area contributed by atoms with Crippen LogP contribution in [0.4, 0.5) is 0 Å². The first-order valence-corrected chi connectivity index (χ1v) is 7.92. The van der Waals surface area contributed by atoms with Gasteiger partial charge in [-0.25, -0.2) is 0 Å². The first kappa shape index (κ1) is 15.7. The molecule has 1 amide bonds. The van der Waals surface area contributed by atoms with Crippen LogP contribution in [0.5, 0.6) is 0 Å². The number of benzene rings is 1. The average molecular weight is 333 g/mol. The van der Waals surface area contributed by atoms with Gasteiger partial charge in [0.1, 0.15) is 5.69 Å². The SMILES string of the molecule is Cc1ccc(-c2nnc(CCC(=O)NC3CC3)c(=O)[nH]2)cc1Cl. The lowest BCUT2D eigenvalue weighted by molar-refractivity contribution is -0.121. The van der Waals surface area contributed by atoms with Gasteiger partial charge in [-0.1, -0.05) is 23.7 Å². The molecule has 1 aromatic heterocycles. The maximum absolute atomic E-state index is 12.1. The zero-order chi connectivity index (χ0) is 16.4. The fraction of sp³-hybridized carbons (Fsp3) is 0.375. The third-order valence-corrected chi connectivity index (χ3v) is 4.15. The number of amides is 1. The molecule has 23 heavy (non-hydrogen) atoms. The lowest BCUT2D eigenvalue weighted by Gasteiger charge is -2.05. The van der Waals surface area contributed by atoms with E-state index in [-0.39, 0.29) is 30.0 Å². The Bertz CT molecular complexity index is 799. The molecule has 0 radical (unpaired) electrons. The predicted molar refractivity (Wildman–Crippen MR) is 87.3 cm³/mol. The Morgan fingerprint density at radius 1 is 1.39 bits per heavy atom. The van der Waals surface area contributed by atoms with Crippen molar-refractivity contribution in [2.24, 2.45) is 0 Å². The number of hydrogen-bond acceptors (Lipinski definition) is 4. The van der Waals surface area contributed by atoms with E-state index in [1.54, 1.807) is 6.07 Å². The van der Waals surface area contributed by atoms with Crippen molar-refractivity contribution in [2.45, 2.75) is 38.6 Å². The molecule has 0 unspecified atom stereocenters. The minimum absolute atomic E-state index is 0.0527. The van der Waals surface area contributed by atoms with Crippen LogP contribution in [0.2, 0.25) is 5.02 Å². The number of hydrogen-bond donors (Lipinski definition) is 2. The highest BCUT2D eigenvalue weighted by Crippen LogP contribution is 2.22. The maximum Gasteiger partial charge on any atom is 0.273 e. The Labute approximate surface area is 138 Å². The van der Waals surface area contributed by atoms with Gasteiger partial charge in [0.15, 0.2) is 5.82 Å². The molecule has 3 rings (SSSR count). The molecule has 1 fully saturated rings. The van der Waals surface area contributed by atoms with Gasteiger partial charge in [0, 0.05) is 29.5 Å². The zero-order valence-corrected chi connectivity index (χ0v) is 13.5. The van der Waals surface area contributed by atoms with Gasteiger partial charge in [-0.2, -0.15) is 0 Å². The molecule has 0 spiro atoms. The van der Waals surface area contributed by atoms with Gasteiger partial charge in [-0.05, 0) is 31.4 Å². The van der Waals surface area contributed by atoms with Gasteiger partial charge < -0.3 is 10.3 Å². The van der Waals surface area contributed by atoms with E-state index < -0.39 is 0 Å². The normalized spacial score (nSPS) is 13.8. The number of H-pyrrole nitrogens is 1. The number of nitrogens with one attached hydrogen (secondary N) is 2. The van der Waals surface area contributed by atoms with E-state index in [0.717, 1.165) is 18.4 Å². The summed E-state index contributed by atoms with van der Waals surface area (Å²) in [6, 6.07) is 5.73. The standard InChI is InChI=1S/C16H17ClN4O2/c1-9-2-3-10(8-12(9)17)15-19-16(23)13(20-21-15)6-7-14(22)18-11-4-5-11/h2-3,8,11H,4-7H2,1H3,(H,18,22)(H,19,21,23). The number of carbonyl (C=O) groups is 1. The number of rotatable bonds is 5. The fourth-order valence-electron chi connectivity index (χ4n) is 2.15. The van der Waals surface area contributed by atoms with E-state index in [4.69, 9.17) is 11.6 Å². The van der Waals surface area contributed by atoms with Crippen LogP contribution in [0.3, 0.4) is 0 Å². The molecule has 120 valence electrons. The van der Waals surface area contributed by atoms with Crippen molar-refractivity contribution in [3.8, 4) is 11.4 Å². The van der Waals surface area contributed by atoms with Crippen molar-refractivity contribution >= 4 is 17.5 Å². The molecule has 0 aliphatic heterocycles. The van der Waals surface area contributed by atoms with E-state index in [9.17, 15) is 9.59 Å². The van der Waals surface area contributed by atoms with Crippen molar-refractivity contribution < 1.29 is 4.79 Å². The van der Waals surface area contributed by atoms with Crippen molar-refractivity contribution in [2.75, 3.05) is 0 Å². The third-order valence-electron chi connectivity index (χ3n) is 3.74. The van der Waals surface area contributed by atoms with Crippen LogP contribution < -0.4 is 10.9 Å². The van der Waals surface area contributed by atoms with Crippen LogP contribution in [0, 0.1) is 6.92 Å². The number of aromatic amines is 1. The summed E-state index contributed by atoms with van der Waals surface area (Å²) in [4.78, 5) is 26.4. The summed E-state index contributed by atoms with van der Waals surface area (Å²) in [5.74, 6) is 0.311. The van der Waals surface area contributed by atoms with Crippen molar-refractivity contribution in [1.82, 2.24) is 20.5 Å². The minimum Gasteiger partial charge on any atom is -0.353 e. The lowest BCUT2D eigenvalue weighted by atomic mass is 10.1. The first-order valence-electron chi connectivity index (χ1n) is 7.54. The largest absolute Gasteiger partial charge is 0.353 e. The average Bonchev–Trinajstić information content (AvgIpc) is 3.32. The van der Waals surface area contributed by atoms with Gasteiger partial charge in [0.2, 0.25) is 5.91 Å². The summed E-state index contributed by atoms with van der Waals surface area (Å²) in [6.07, 6.45) is 2.60. The fourth-order valence-corrected chi connectivity index (χ4v) is 2.33. The summed E-state index contributed by atoms with van der Waals surface area (Å²) in [6.45, 7) is 1.90. The van der Waals surface area contributed by atoms with Crippen LogP contribution in [0.15, 0.2) is 23.0 Å². The van der Waals surface area contributed by atoms with Crippen LogP contribution in [0.1, 0.15) is 30.5 Å². The maximum atomic E-state index is 12.1. The topological polar surface area (TPSA) is 87.7 Å². The molecule has 1 aliphatic rings. The van der Waals surface area contributed by atoms with Crippen molar-refractivity contribution in [1.29, 1.82) is 0 Å². The number of halogens is 1. The minimum atomic E-state index is -0.328. The molecule has 1 aromatic carbocycles. The Morgan fingerprint density at radius 3 is 2.83 bits per heavy atom. The van der Waals surface area contributed by atoms with Crippen LogP contribution in [0.25, 0.3) is 11.4 Å².